The highest BCUT2D eigenvalue weighted by atomic mass is 32.2. The Labute approximate surface area is 109 Å². The molecule has 18 heavy (non-hydrogen) atoms. The summed E-state index contributed by atoms with van der Waals surface area (Å²) in [6.07, 6.45) is 0. The maximum absolute atomic E-state index is 13.7. The van der Waals surface area contributed by atoms with Gasteiger partial charge in [0.2, 0.25) is 0 Å². The molecule has 1 aliphatic rings. The number of rotatable bonds is 2. The second-order valence-corrected chi connectivity index (χ2v) is 6.28. The van der Waals surface area contributed by atoms with E-state index in [1.54, 1.807) is 6.07 Å². The number of hydrogen-bond acceptors (Lipinski definition) is 3. The van der Waals surface area contributed by atoms with Crippen molar-refractivity contribution < 1.29 is 13.3 Å². The molecule has 1 N–H and O–H groups in total. The lowest BCUT2D eigenvalue weighted by Crippen LogP contribution is -2.25. The Hall–Kier alpha value is -0.940. The molecule has 3 unspecified atom stereocenters. The van der Waals surface area contributed by atoms with E-state index in [0.717, 1.165) is 12.1 Å². The van der Waals surface area contributed by atoms with Gasteiger partial charge in [0.15, 0.2) is 11.6 Å². The van der Waals surface area contributed by atoms with Crippen LogP contribution < -0.4 is 10.1 Å². The van der Waals surface area contributed by atoms with Crippen molar-refractivity contribution >= 4 is 10.8 Å². The molecule has 0 radical (unpaired) electrons. The lowest BCUT2D eigenvalue weighted by Gasteiger charge is -2.16. The Morgan fingerprint density at radius 1 is 1.44 bits per heavy atom. The lowest BCUT2D eigenvalue weighted by atomic mass is 10.1. The zero-order valence-corrected chi connectivity index (χ0v) is 11.4. The summed E-state index contributed by atoms with van der Waals surface area (Å²) < 4.78 is 30.4. The first kappa shape index (κ1) is 13.5. The van der Waals surface area contributed by atoms with Crippen LogP contribution in [0.2, 0.25) is 0 Å². The number of benzene rings is 1. The van der Waals surface area contributed by atoms with Crippen LogP contribution >= 0.6 is 0 Å². The molecule has 0 saturated carbocycles. The van der Waals surface area contributed by atoms with Crippen molar-refractivity contribution in [2.75, 3.05) is 25.2 Å². The van der Waals surface area contributed by atoms with Crippen LogP contribution in [0.15, 0.2) is 18.2 Å². The Balaban J connectivity index is 2.20. The molecule has 0 spiro atoms. The molecule has 3 nitrogen and oxygen atoms in total. The van der Waals surface area contributed by atoms with Gasteiger partial charge in [-0.2, -0.15) is 0 Å². The van der Waals surface area contributed by atoms with Crippen LogP contribution in [0.25, 0.3) is 0 Å². The molecular formula is C13H18FNO2S. The van der Waals surface area contributed by atoms with Gasteiger partial charge in [0.05, 0.1) is 7.11 Å². The molecule has 0 amide bonds. The van der Waals surface area contributed by atoms with E-state index in [1.165, 1.54) is 13.2 Å². The molecular weight excluding hydrogens is 253 g/mol. The maximum Gasteiger partial charge on any atom is 0.165 e. The van der Waals surface area contributed by atoms with Crippen molar-refractivity contribution in [3.8, 4) is 5.75 Å². The standard InChI is InChI=1S/C13H18FNO2S/c1-9-6-15-12(8-18(16)7-9)10-3-4-13(17-2)11(14)5-10/h3-5,9,12,15H,6-8H2,1-2H3. The molecule has 0 bridgehead atoms. The van der Waals surface area contributed by atoms with Crippen molar-refractivity contribution in [3.63, 3.8) is 0 Å². The predicted octanol–water partition coefficient (Wildman–Crippen LogP) is 1.86. The molecule has 3 atom stereocenters. The van der Waals surface area contributed by atoms with Crippen molar-refractivity contribution in [1.82, 2.24) is 5.32 Å². The van der Waals surface area contributed by atoms with Crippen LogP contribution in [0.1, 0.15) is 18.5 Å². The van der Waals surface area contributed by atoms with Gasteiger partial charge in [-0.25, -0.2) is 4.39 Å². The van der Waals surface area contributed by atoms with Crippen molar-refractivity contribution in [2.24, 2.45) is 5.92 Å². The van der Waals surface area contributed by atoms with E-state index < -0.39 is 10.8 Å². The summed E-state index contributed by atoms with van der Waals surface area (Å²) in [6, 6.07) is 4.86. The Morgan fingerprint density at radius 3 is 2.89 bits per heavy atom. The van der Waals surface area contributed by atoms with Crippen LogP contribution in [-0.4, -0.2) is 29.4 Å². The molecule has 1 fully saturated rings. The zero-order valence-electron chi connectivity index (χ0n) is 10.6. The van der Waals surface area contributed by atoms with E-state index in [2.05, 4.69) is 12.2 Å². The Kier molecular flexibility index (Phi) is 4.35. The summed E-state index contributed by atoms with van der Waals surface area (Å²) in [5.74, 6) is 1.50. The van der Waals surface area contributed by atoms with E-state index in [4.69, 9.17) is 4.74 Å². The third-order valence-electron chi connectivity index (χ3n) is 3.11. The average Bonchev–Trinajstić information content (AvgIpc) is 2.50. The summed E-state index contributed by atoms with van der Waals surface area (Å²) >= 11 is 0. The van der Waals surface area contributed by atoms with E-state index >= 15 is 0 Å². The van der Waals surface area contributed by atoms with Crippen LogP contribution in [0.4, 0.5) is 4.39 Å². The smallest absolute Gasteiger partial charge is 0.165 e. The molecule has 1 aliphatic heterocycles. The Morgan fingerprint density at radius 2 is 2.22 bits per heavy atom. The third-order valence-corrected chi connectivity index (χ3v) is 4.76. The predicted molar refractivity (Wildman–Crippen MR) is 70.7 cm³/mol. The molecule has 0 aromatic heterocycles. The van der Waals surface area contributed by atoms with Crippen LogP contribution in [0.5, 0.6) is 5.75 Å². The van der Waals surface area contributed by atoms with Crippen LogP contribution in [0, 0.1) is 11.7 Å². The van der Waals surface area contributed by atoms with Crippen molar-refractivity contribution in [3.05, 3.63) is 29.6 Å². The van der Waals surface area contributed by atoms with Crippen molar-refractivity contribution in [1.29, 1.82) is 0 Å². The number of methoxy groups -OCH3 is 1. The van der Waals surface area contributed by atoms with E-state index in [0.29, 0.717) is 17.4 Å². The van der Waals surface area contributed by atoms with Gasteiger partial charge in [-0.05, 0) is 30.2 Å². The lowest BCUT2D eigenvalue weighted by molar-refractivity contribution is 0.385. The molecule has 0 aliphatic carbocycles. The van der Waals surface area contributed by atoms with Crippen LogP contribution in [0.3, 0.4) is 0 Å². The summed E-state index contributed by atoms with van der Waals surface area (Å²) in [4.78, 5) is 0. The monoisotopic (exact) mass is 271 g/mol. The molecule has 5 heteroatoms. The summed E-state index contributed by atoms with van der Waals surface area (Å²) in [7, 11) is 0.595. The number of halogens is 1. The van der Waals surface area contributed by atoms with Gasteiger partial charge in [0, 0.05) is 28.3 Å². The minimum Gasteiger partial charge on any atom is -0.494 e. The fourth-order valence-electron chi connectivity index (χ4n) is 2.15. The first-order chi connectivity index (χ1) is 8.60. The maximum atomic E-state index is 13.7. The van der Waals surface area contributed by atoms with Gasteiger partial charge < -0.3 is 10.1 Å². The largest absolute Gasteiger partial charge is 0.494 e. The highest BCUT2D eigenvalue weighted by molar-refractivity contribution is 7.85. The molecule has 1 saturated heterocycles. The minimum absolute atomic E-state index is 0.0452. The van der Waals surface area contributed by atoms with Gasteiger partial charge in [-0.15, -0.1) is 0 Å². The number of ether oxygens (including phenoxy) is 1. The summed E-state index contributed by atoms with van der Waals surface area (Å²) in [5.41, 5.74) is 0.829. The molecule has 1 aromatic carbocycles. The molecule has 1 aromatic rings. The van der Waals surface area contributed by atoms with Gasteiger partial charge in [0.1, 0.15) is 0 Å². The Bertz CT molecular complexity index is 453. The van der Waals surface area contributed by atoms with Gasteiger partial charge in [-0.1, -0.05) is 13.0 Å². The average molecular weight is 271 g/mol. The summed E-state index contributed by atoms with van der Waals surface area (Å²) in [5, 5.41) is 3.34. The van der Waals surface area contributed by atoms with E-state index in [-0.39, 0.29) is 17.6 Å². The van der Waals surface area contributed by atoms with Gasteiger partial charge >= 0.3 is 0 Å². The molecule has 1 heterocycles. The number of nitrogens with one attached hydrogen (secondary N) is 1. The van der Waals surface area contributed by atoms with Gasteiger partial charge in [-0.3, -0.25) is 4.21 Å². The topological polar surface area (TPSA) is 38.3 Å². The van der Waals surface area contributed by atoms with Gasteiger partial charge in [0.25, 0.3) is 0 Å². The fraction of sp³-hybridized carbons (Fsp3) is 0.538. The highest BCUT2D eigenvalue weighted by Crippen LogP contribution is 2.24. The fourth-order valence-corrected chi connectivity index (χ4v) is 3.72. The SMILES string of the molecule is COc1ccc(C2CS(=O)CC(C)CN2)cc1F. The normalized spacial score (nSPS) is 28.7. The second kappa shape index (κ2) is 5.80. The molecule has 100 valence electrons. The number of hydrogen-bond donors (Lipinski definition) is 1. The summed E-state index contributed by atoms with van der Waals surface area (Å²) in [6.45, 7) is 2.88. The van der Waals surface area contributed by atoms with E-state index in [1.807, 2.05) is 6.07 Å². The zero-order chi connectivity index (χ0) is 13.1. The first-order valence-electron chi connectivity index (χ1n) is 6.02. The first-order valence-corrected chi connectivity index (χ1v) is 7.50. The van der Waals surface area contributed by atoms with E-state index in [9.17, 15) is 8.60 Å². The van der Waals surface area contributed by atoms with Crippen LogP contribution in [-0.2, 0) is 10.8 Å². The van der Waals surface area contributed by atoms with Crippen molar-refractivity contribution in [2.45, 2.75) is 13.0 Å². The third kappa shape index (κ3) is 3.09. The highest BCUT2D eigenvalue weighted by Gasteiger charge is 2.22. The quantitative estimate of drug-likeness (QED) is 0.892. The second-order valence-electron chi connectivity index (χ2n) is 4.73. The molecule has 2 rings (SSSR count). The minimum atomic E-state index is -0.848.